The number of nitrogens with two attached hydrogens (primary N) is 1. The topological polar surface area (TPSA) is 78.4 Å². The van der Waals surface area contributed by atoms with E-state index >= 15 is 0 Å². The third-order valence-electron chi connectivity index (χ3n) is 6.25. The molecule has 3 fully saturated rings. The number of ether oxygens (including phenoxy) is 2. The van der Waals surface area contributed by atoms with Crippen molar-refractivity contribution in [3.63, 3.8) is 0 Å². The molecule has 3 atom stereocenters. The molecule has 0 aromatic carbocycles. The molecule has 156 valence electrons. The molecule has 1 saturated heterocycles. The van der Waals surface area contributed by atoms with E-state index in [1.807, 2.05) is 0 Å². The summed E-state index contributed by atoms with van der Waals surface area (Å²) in [4.78, 5) is 11.3. The lowest BCUT2D eigenvalue weighted by molar-refractivity contribution is -0.0494. The van der Waals surface area contributed by atoms with E-state index in [-0.39, 0.29) is 11.6 Å². The van der Waals surface area contributed by atoms with Gasteiger partial charge in [0.2, 0.25) is 0 Å². The maximum atomic E-state index is 12.6. The summed E-state index contributed by atoms with van der Waals surface area (Å²) in [5.41, 5.74) is 7.05. The van der Waals surface area contributed by atoms with Gasteiger partial charge in [-0.1, -0.05) is 0 Å². The Balaban J connectivity index is 1.38. The monoisotopic (exact) mass is 405 g/mol. The van der Waals surface area contributed by atoms with Gasteiger partial charge in [-0.15, -0.1) is 0 Å². The summed E-state index contributed by atoms with van der Waals surface area (Å²) in [6.45, 7) is 0.976. The zero-order valence-electron chi connectivity index (χ0n) is 16.3. The Morgan fingerprint density at radius 2 is 2.03 bits per heavy atom. The van der Waals surface area contributed by atoms with Crippen molar-refractivity contribution in [2.75, 3.05) is 39.1 Å². The van der Waals surface area contributed by atoms with E-state index in [2.05, 4.69) is 25.4 Å². The Morgan fingerprint density at radius 1 is 1.28 bits per heavy atom. The second-order valence-corrected chi connectivity index (χ2v) is 8.22. The number of anilines is 1. The number of pyridine rings is 1. The molecular formula is C20H25F2N5O2. The van der Waals surface area contributed by atoms with Gasteiger partial charge in [0.05, 0.1) is 12.3 Å². The SMILES string of the molecule is COCCN1C[C@@H]2[C@H](C1)[C@H]2n1cc(-c2cnc(N)c(OC(F)F)c2)nc1C1CC1. The minimum Gasteiger partial charge on any atom is -0.431 e. The molecule has 29 heavy (non-hydrogen) atoms. The number of likely N-dealkylation sites (tertiary alicyclic amines) is 1. The van der Waals surface area contributed by atoms with Crippen molar-refractivity contribution >= 4 is 5.82 Å². The maximum Gasteiger partial charge on any atom is 0.387 e. The van der Waals surface area contributed by atoms with Crippen LogP contribution >= 0.6 is 0 Å². The highest BCUT2D eigenvalue weighted by molar-refractivity contribution is 5.64. The van der Waals surface area contributed by atoms with Crippen molar-refractivity contribution in [3.8, 4) is 17.0 Å². The molecule has 0 unspecified atom stereocenters. The highest BCUT2D eigenvalue weighted by Gasteiger charge is 2.57. The molecule has 5 rings (SSSR count). The van der Waals surface area contributed by atoms with Crippen molar-refractivity contribution in [1.29, 1.82) is 0 Å². The minimum atomic E-state index is -2.94. The summed E-state index contributed by atoms with van der Waals surface area (Å²) < 4.78 is 37.3. The average molecular weight is 405 g/mol. The highest BCUT2D eigenvalue weighted by atomic mass is 19.3. The first kappa shape index (κ1) is 18.7. The number of aromatic nitrogens is 3. The van der Waals surface area contributed by atoms with Gasteiger partial charge >= 0.3 is 6.61 Å². The van der Waals surface area contributed by atoms with Crippen LogP contribution in [0.5, 0.6) is 5.75 Å². The third-order valence-corrected chi connectivity index (χ3v) is 6.25. The number of hydrogen-bond donors (Lipinski definition) is 1. The van der Waals surface area contributed by atoms with Crippen LogP contribution in [0.3, 0.4) is 0 Å². The van der Waals surface area contributed by atoms with Crippen molar-refractivity contribution in [2.24, 2.45) is 11.8 Å². The molecule has 2 N–H and O–H groups in total. The Labute approximate surface area is 167 Å². The van der Waals surface area contributed by atoms with Crippen LogP contribution in [0, 0.1) is 11.8 Å². The second-order valence-electron chi connectivity index (χ2n) is 8.22. The van der Waals surface area contributed by atoms with Gasteiger partial charge in [0.25, 0.3) is 0 Å². The fraction of sp³-hybridized carbons (Fsp3) is 0.600. The molecule has 2 aromatic heterocycles. The maximum absolute atomic E-state index is 12.6. The smallest absolute Gasteiger partial charge is 0.387 e. The van der Waals surface area contributed by atoms with E-state index in [1.54, 1.807) is 13.3 Å². The fourth-order valence-corrected chi connectivity index (χ4v) is 4.61. The third kappa shape index (κ3) is 3.57. The molecular weight excluding hydrogens is 380 g/mol. The first-order valence-electron chi connectivity index (χ1n) is 10.1. The summed E-state index contributed by atoms with van der Waals surface area (Å²) in [7, 11) is 1.73. The number of fused-ring (bicyclic) bond motifs is 1. The molecule has 7 nitrogen and oxygen atoms in total. The van der Waals surface area contributed by atoms with Crippen LogP contribution in [-0.4, -0.2) is 59.4 Å². The van der Waals surface area contributed by atoms with Crippen LogP contribution in [-0.2, 0) is 4.74 Å². The summed E-state index contributed by atoms with van der Waals surface area (Å²) >= 11 is 0. The standard InChI is InChI=1S/C20H25F2N5O2/c1-28-5-4-26-8-13-14(9-26)17(13)27-10-15(25-19(27)11-2-3-11)12-6-16(29-20(21)22)18(23)24-7-12/h6-7,10-11,13-14,17,20H,2-5,8-9H2,1H3,(H2,23,24)/t13-,14+,17+. The second kappa shape index (κ2) is 7.21. The normalized spacial score (nSPS) is 26.1. The number of hydrogen-bond acceptors (Lipinski definition) is 6. The van der Waals surface area contributed by atoms with Crippen LogP contribution < -0.4 is 10.5 Å². The first-order valence-corrected chi connectivity index (χ1v) is 10.1. The number of piperidine rings is 1. The molecule has 1 aliphatic heterocycles. The van der Waals surface area contributed by atoms with Crippen molar-refractivity contribution in [1.82, 2.24) is 19.4 Å². The van der Waals surface area contributed by atoms with Gasteiger partial charge < -0.3 is 24.7 Å². The number of nitrogen functional groups attached to an aromatic ring is 1. The predicted octanol–water partition coefficient (Wildman–Crippen LogP) is 2.76. The lowest BCUT2D eigenvalue weighted by Gasteiger charge is -2.20. The zero-order valence-corrected chi connectivity index (χ0v) is 16.3. The molecule has 0 amide bonds. The zero-order chi connectivity index (χ0) is 20.1. The number of methoxy groups -OCH3 is 1. The molecule has 3 aliphatic rings. The molecule has 0 spiro atoms. The molecule has 0 bridgehead atoms. The van der Waals surface area contributed by atoms with E-state index in [0.717, 1.165) is 50.6 Å². The van der Waals surface area contributed by atoms with Crippen molar-refractivity contribution in [3.05, 3.63) is 24.3 Å². The average Bonchev–Trinajstić information content (AvgIpc) is 3.56. The fourth-order valence-electron chi connectivity index (χ4n) is 4.61. The summed E-state index contributed by atoms with van der Waals surface area (Å²) in [6, 6.07) is 1.97. The van der Waals surface area contributed by atoms with Crippen LogP contribution in [0.2, 0.25) is 0 Å². The number of halogens is 2. The van der Waals surface area contributed by atoms with Crippen LogP contribution in [0.1, 0.15) is 30.6 Å². The van der Waals surface area contributed by atoms with Gasteiger partial charge in [0, 0.05) is 56.7 Å². The van der Waals surface area contributed by atoms with Gasteiger partial charge in [-0.25, -0.2) is 9.97 Å². The molecule has 2 aliphatic carbocycles. The molecule has 2 saturated carbocycles. The Hall–Kier alpha value is -2.26. The predicted molar refractivity (Wildman–Crippen MR) is 103 cm³/mol. The number of alkyl halides is 2. The summed E-state index contributed by atoms with van der Waals surface area (Å²) in [5.74, 6) is 2.73. The van der Waals surface area contributed by atoms with Gasteiger partial charge in [-0.3, -0.25) is 0 Å². The van der Waals surface area contributed by atoms with Gasteiger partial charge in [-0.05, 0) is 30.7 Å². The largest absolute Gasteiger partial charge is 0.431 e. The lowest BCUT2D eigenvalue weighted by Crippen LogP contribution is -2.28. The van der Waals surface area contributed by atoms with Gasteiger partial charge in [0.1, 0.15) is 5.82 Å². The van der Waals surface area contributed by atoms with E-state index in [1.165, 1.54) is 6.07 Å². The van der Waals surface area contributed by atoms with Crippen molar-refractivity contribution < 1.29 is 18.3 Å². The molecule has 2 aromatic rings. The molecule has 0 radical (unpaired) electrons. The van der Waals surface area contributed by atoms with E-state index in [9.17, 15) is 8.78 Å². The van der Waals surface area contributed by atoms with E-state index in [0.29, 0.717) is 29.4 Å². The number of rotatable bonds is 8. The Morgan fingerprint density at radius 3 is 2.69 bits per heavy atom. The molecule has 9 heteroatoms. The lowest BCUT2D eigenvalue weighted by atomic mass is 10.2. The summed E-state index contributed by atoms with van der Waals surface area (Å²) in [6.07, 6.45) is 5.92. The van der Waals surface area contributed by atoms with Crippen LogP contribution in [0.25, 0.3) is 11.3 Å². The number of imidazole rings is 1. The Kier molecular flexibility index (Phi) is 4.66. The highest BCUT2D eigenvalue weighted by Crippen LogP contribution is 2.57. The van der Waals surface area contributed by atoms with Gasteiger partial charge in [-0.2, -0.15) is 8.78 Å². The van der Waals surface area contributed by atoms with E-state index in [4.69, 9.17) is 15.5 Å². The number of nitrogens with zero attached hydrogens (tertiary/aromatic N) is 4. The Bertz CT molecular complexity index is 889. The summed E-state index contributed by atoms with van der Waals surface area (Å²) in [5, 5.41) is 0. The van der Waals surface area contributed by atoms with Crippen molar-refractivity contribution in [2.45, 2.75) is 31.4 Å². The van der Waals surface area contributed by atoms with Crippen LogP contribution in [0.4, 0.5) is 14.6 Å². The molecule has 3 heterocycles. The van der Waals surface area contributed by atoms with Crippen LogP contribution in [0.15, 0.2) is 18.5 Å². The van der Waals surface area contributed by atoms with E-state index < -0.39 is 6.61 Å². The van der Waals surface area contributed by atoms with Gasteiger partial charge in [0.15, 0.2) is 11.6 Å². The minimum absolute atomic E-state index is 0.0521. The quantitative estimate of drug-likeness (QED) is 0.728. The first-order chi connectivity index (χ1) is 14.0.